The van der Waals surface area contributed by atoms with Crippen molar-refractivity contribution >= 4 is 28.8 Å². The molecule has 17 heavy (non-hydrogen) atoms. The summed E-state index contributed by atoms with van der Waals surface area (Å²) in [6.07, 6.45) is 4.52. The molecular weight excluding hydrogens is 256 g/mol. The van der Waals surface area contributed by atoms with Crippen molar-refractivity contribution < 1.29 is 4.79 Å². The van der Waals surface area contributed by atoms with Crippen molar-refractivity contribution in [2.45, 2.75) is 31.7 Å². The van der Waals surface area contributed by atoms with Gasteiger partial charge in [-0.25, -0.2) is 0 Å². The van der Waals surface area contributed by atoms with Gasteiger partial charge in [-0.2, -0.15) is 0 Å². The van der Waals surface area contributed by atoms with Gasteiger partial charge in [-0.15, -0.1) is 11.3 Å². The highest BCUT2D eigenvalue weighted by atomic mass is 35.5. The molecule has 3 nitrogen and oxygen atoms in total. The summed E-state index contributed by atoms with van der Waals surface area (Å²) in [6.45, 7) is 0.642. The van der Waals surface area contributed by atoms with E-state index in [1.165, 1.54) is 24.2 Å². The lowest BCUT2D eigenvalue weighted by Gasteiger charge is -2.31. The second kappa shape index (κ2) is 5.85. The average Bonchev–Trinajstić information content (AvgIpc) is 2.76. The van der Waals surface area contributed by atoms with E-state index < -0.39 is 0 Å². The molecule has 5 heteroatoms. The molecule has 2 rings (SSSR count). The first-order valence-corrected chi connectivity index (χ1v) is 7.22. The number of carbonyl (C=O) groups is 1. The molecule has 1 aliphatic carbocycles. The summed E-state index contributed by atoms with van der Waals surface area (Å²) in [7, 11) is 0. The van der Waals surface area contributed by atoms with Crippen LogP contribution in [0.2, 0.25) is 5.02 Å². The first-order valence-electron chi connectivity index (χ1n) is 5.96. The summed E-state index contributed by atoms with van der Waals surface area (Å²) in [5, 5.41) is 5.44. The Morgan fingerprint density at radius 1 is 1.53 bits per heavy atom. The van der Waals surface area contributed by atoms with Crippen LogP contribution < -0.4 is 11.1 Å². The molecular formula is C12H17ClN2OS. The molecule has 1 aliphatic rings. The maximum Gasteiger partial charge on any atom is 0.263 e. The van der Waals surface area contributed by atoms with Crippen LogP contribution in [0.1, 0.15) is 35.4 Å². The molecule has 0 radical (unpaired) electrons. The summed E-state index contributed by atoms with van der Waals surface area (Å²) < 4.78 is 0. The molecule has 0 saturated heterocycles. The minimum absolute atomic E-state index is 0.0599. The van der Waals surface area contributed by atoms with Crippen LogP contribution in [-0.2, 0) is 0 Å². The van der Waals surface area contributed by atoms with Crippen LogP contribution in [-0.4, -0.2) is 18.5 Å². The predicted molar refractivity (Wildman–Crippen MR) is 71.6 cm³/mol. The monoisotopic (exact) mass is 272 g/mol. The third kappa shape index (κ3) is 3.00. The molecule has 0 spiro atoms. The lowest BCUT2D eigenvalue weighted by molar-refractivity contribution is 0.0912. The van der Waals surface area contributed by atoms with E-state index in [4.69, 9.17) is 17.3 Å². The van der Waals surface area contributed by atoms with Gasteiger partial charge in [0.2, 0.25) is 0 Å². The van der Waals surface area contributed by atoms with Gasteiger partial charge in [0.25, 0.3) is 5.91 Å². The zero-order valence-corrected chi connectivity index (χ0v) is 11.2. The molecule has 0 aliphatic heterocycles. The van der Waals surface area contributed by atoms with E-state index in [2.05, 4.69) is 5.32 Å². The third-order valence-corrected chi connectivity index (χ3v) is 4.69. The first-order chi connectivity index (χ1) is 8.22. The molecule has 2 atom stereocenters. The van der Waals surface area contributed by atoms with Crippen molar-refractivity contribution in [3.63, 3.8) is 0 Å². The maximum absolute atomic E-state index is 12.0. The summed E-state index contributed by atoms with van der Waals surface area (Å²) in [5.74, 6) is 0.349. The molecule has 0 bridgehead atoms. The van der Waals surface area contributed by atoms with E-state index in [0.29, 0.717) is 22.4 Å². The number of hydrogen-bond acceptors (Lipinski definition) is 3. The quantitative estimate of drug-likeness (QED) is 0.889. The Morgan fingerprint density at radius 3 is 2.94 bits per heavy atom. The molecule has 2 unspecified atom stereocenters. The molecule has 1 saturated carbocycles. The SMILES string of the molecule is NCC1CCCCC1NC(=O)c1sccc1Cl. The number of nitrogens with one attached hydrogen (secondary N) is 1. The van der Waals surface area contributed by atoms with E-state index in [0.717, 1.165) is 12.8 Å². The Bertz CT molecular complexity index is 394. The summed E-state index contributed by atoms with van der Waals surface area (Å²) in [4.78, 5) is 12.6. The Balaban J connectivity index is 2.00. The summed E-state index contributed by atoms with van der Waals surface area (Å²) in [5.41, 5.74) is 5.74. The number of thiophene rings is 1. The van der Waals surface area contributed by atoms with Gasteiger partial charge < -0.3 is 11.1 Å². The van der Waals surface area contributed by atoms with Gasteiger partial charge in [0.1, 0.15) is 4.88 Å². The van der Waals surface area contributed by atoms with E-state index in [-0.39, 0.29) is 11.9 Å². The second-order valence-corrected chi connectivity index (χ2v) is 5.78. The number of amides is 1. The normalized spacial score (nSPS) is 24.6. The van der Waals surface area contributed by atoms with Crippen molar-refractivity contribution in [1.29, 1.82) is 0 Å². The van der Waals surface area contributed by atoms with Gasteiger partial charge in [-0.05, 0) is 36.8 Å². The zero-order chi connectivity index (χ0) is 12.3. The van der Waals surface area contributed by atoms with Crippen LogP contribution in [0, 0.1) is 5.92 Å². The van der Waals surface area contributed by atoms with Gasteiger partial charge in [0.15, 0.2) is 0 Å². The van der Waals surface area contributed by atoms with Crippen LogP contribution in [0.15, 0.2) is 11.4 Å². The number of rotatable bonds is 3. The fraction of sp³-hybridized carbons (Fsp3) is 0.583. The average molecular weight is 273 g/mol. The lowest BCUT2D eigenvalue weighted by Crippen LogP contribution is -2.44. The molecule has 0 aromatic carbocycles. The molecule has 1 aromatic rings. The van der Waals surface area contributed by atoms with Crippen molar-refractivity contribution in [3.05, 3.63) is 21.3 Å². The molecule has 1 aromatic heterocycles. The number of nitrogens with two attached hydrogens (primary N) is 1. The Labute approximate surface area is 110 Å². The lowest BCUT2D eigenvalue weighted by atomic mass is 9.84. The maximum atomic E-state index is 12.0. The molecule has 1 fully saturated rings. The van der Waals surface area contributed by atoms with E-state index in [1.54, 1.807) is 6.07 Å². The predicted octanol–water partition coefficient (Wildman–Crippen LogP) is 2.65. The standard InChI is InChI=1S/C12H17ClN2OS/c13-9-5-6-17-11(9)12(16)15-10-4-2-1-3-8(10)7-14/h5-6,8,10H,1-4,7,14H2,(H,15,16). The highest BCUT2D eigenvalue weighted by molar-refractivity contribution is 7.12. The van der Waals surface area contributed by atoms with Gasteiger partial charge in [-0.3, -0.25) is 4.79 Å². The number of halogens is 1. The fourth-order valence-corrected chi connectivity index (χ4v) is 3.41. The van der Waals surface area contributed by atoms with Gasteiger partial charge in [0, 0.05) is 6.04 Å². The zero-order valence-electron chi connectivity index (χ0n) is 9.62. The van der Waals surface area contributed by atoms with Crippen molar-refractivity contribution in [3.8, 4) is 0 Å². The van der Waals surface area contributed by atoms with Crippen LogP contribution in [0.25, 0.3) is 0 Å². The smallest absolute Gasteiger partial charge is 0.263 e. The first kappa shape index (κ1) is 12.9. The minimum Gasteiger partial charge on any atom is -0.348 e. The Hall–Kier alpha value is -0.580. The van der Waals surface area contributed by atoms with E-state index in [9.17, 15) is 4.79 Å². The highest BCUT2D eigenvalue weighted by Gasteiger charge is 2.26. The van der Waals surface area contributed by atoms with Gasteiger partial charge >= 0.3 is 0 Å². The third-order valence-electron chi connectivity index (χ3n) is 3.35. The minimum atomic E-state index is -0.0599. The largest absolute Gasteiger partial charge is 0.348 e. The Morgan fingerprint density at radius 2 is 2.29 bits per heavy atom. The van der Waals surface area contributed by atoms with Crippen LogP contribution in [0.5, 0.6) is 0 Å². The summed E-state index contributed by atoms with van der Waals surface area (Å²) in [6, 6.07) is 1.96. The van der Waals surface area contributed by atoms with Crippen LogP contribution in [0.4, 0.5) is 0 Å². The van der Waals surface area contributed by atoms with Crippen molar-refractivity contribution in [2.24, 2.45) is 11.7 Å². The van der Waals surface area contributed by atoms with Gasteiger partial charge in [0.05, 0.1) is 5.02 Å². The highest BCUT2D eigenvalue weighted by Crippen LogP contribution is 2.26. The van der Waals surface area contributed by atoms with E-state index in [1.807, 2.05) is 5.38 Å². The topological polar surface area (TPSA) is 55.1 Å². The molecule has 1 amide bonds. The molecule has 3 N–H and O–H groups in total. The van der Waals surface area contributed by atoms with Crippen LogP contribution in [0.3, 0.4) is 0 Å². The molecule has 1 heterocycles. The van der Waals surface area contributed by atoms with Crippen LogP contribution >= 0.6 is 22.9 Å². The van der Waals surface area contributed by atoms with Gasteiger partial charge in [-0.1, -0.05) is 24.4 Å². The van der Waals surface area contributed by atoms with E-state index >= 15 is 0 Å². The molecule has 94 valence electrons. The number of hydrogen-bond donors (Lipinski definition) is 2. The number of carbonyl (C=O) groups excluding carboxylic acids is 1. The second-order valence-electron chi connectivity index (χ2n) is 4.46. The van der Waals surface area contributed by atoms with Crippen molar-refractivity contribution in [2.75, 3.05) is 6.54 Å². The summed E-state index contributed by atoms with van der Waals surface area (Å²) >= 11 is 7.33. The fourth-order valence-electron chi connectivity index (χ4n) is 2.37. The Kier molecular flexibility index (Phi) is 4.42. The van der Waals surface area contributed by atoms with Crippen molar-refractivity contribution in [1.82, 2.24) is 5.32 Å².